The van der Waals surface area contributed by atoms with Crippen molar-refractivity contribution in [1.29, 1.82) is 0 Å². The van der Waals surface area contributed by atoms with Gasteiger partial charge in [0.25, 0.3) is 0 Å². The Bertz CT molecular complexity index is 1270. The monoisotopic (exact) mass is 473 g/mol. The molecule has 0 saturated heterocycles. The number of pyridine rings is 1. The highest BCUT2D eigenvalue weighted by Crippen LogP contribution is 2.45. The highest BCUT2D eigenvalue weighted by atomic mass is 19.3. The normalized spacial score (nSPS) is 13.6. The third-order valence-corrected chi connectivity index (χ3v) is 4.70. The van der Waals surface area contributed by atoms with E-state index in [2.05, 4.69) is 32.2 Å². The zero-order chi connectivity index (χ0) is 24.8. The number of aliphatic hydroxyl groups is 1. The van der Waals surface area contributed by atoms with Crippen LogP contribution >= 0.6 is 0 Å². The van der Waals surface area contributed by atoms with E-state index in [4.69, 9.17) is 5.84 Å². The van der Waals surface area contributed by atoms with Gasteiger partial charge in [0.2, 0.25) is 0 Å². The van der Waals surface area contributed by atoms with E-state index in [1.807, 2.05) is 0 Å². The summed E-state index contributed by atoms with van der Waals surface area (Å²) in [6.45, 7) is -1.07. The Morgan fingerprint density at radius 2 is 1.59 bits per heavy atom. The van der Waals surface area contributed by atoms with Gasteiger partial charge in [-0.1, -0.05) is 17.1 Å². The van der Waals surface area contributed by atoms with Crippen LogP contribution in [0.25, 0.3) is 0 Å². The van der Waals surface area contributed by atoms with Gasteiger partial charge in [-0.3, -0.25) is 9.98 Å². The van der Waals surface area contributed by atoms with Gasteiger partial charge in [0.1, 0.15) is 29.5 Å². The van der Waals surface area contributed by atoms with E-state index >= 15 is 8.78 Å². The zero-order valence-corrected chi connectivity index (χ0v) is 17.3. The third-order valence-electron chi connectivity index (χ3n) is 4.70. The van der Waals surface area contributed by atoms with E-state index in [-0.39, 0.29) is 5.56 Å². The van der Waals surface area contributed by atoms with E-state index in [0.29, 0.717) is 24.0 Å². The van der Waals surface area contributed by atoms with Crippen molar-refractivity contribution in [3.05, 3.63) is 101 Å². The Morgan fingerprint density at radius 3 is 2.21 bits per heavy atom. The minimum atomic E-state index is -4.19. The fraction of sp³-hybridized carbons (Fsp3) is 0.130. The van der Waals surface area contributed by atoms with Crippen LogP contribution < -0.4 is 5.84 Å². The molecule has 2 aromatic carbocycles. The number of aliphatic imine (C=N–C) groups is 1. The largest absolute Gasteiger partial charge is 0.377 e. The lowest BCUT2D eigenvalue weighted by molar-refractivity contribution is -0.193. The van der Waals surface area contributed by atoms with Crippen molar-refractivity contribution in [3.63, 3.8) is 0 Å². The summed E-state index contributed by atoms with van der Waals surface area (Å²) in [5.74, 6) is 3.18. The first-order valence-corrected chi connectivity index (χ1v) is 9.55. The molecule has 0 radical (unpaired) electrons. The highest BCUT2D eigenvalue weighted by Gasteiger charge is 2.57. The number of benzene rings is 2. The molecule has 0 spiro atoms. The predicted octanol–water partition coefficient (Wildman–Crippen LogP) is 4.23. The molecule has 6 nitrogen and oxygen atoms in total. The SMILES string of the molecule is NN=NC=NCC(O)(c1ccc(F)cc1F)C(F)(F)c1ccc(C#Cc2ccc(F)cc2)cn1. The Hall–Kier alpha value is -4.17. The molecule has 3 rings (SSSR count). The second-order valence-electron chi connectivity index (χ2n) is 6.93. The van der Waals surface area contributed by atoms with Crippen molar-refractivity contribution >= 4 is 6.34 Å². The maximum absolute atomic E-state index is 15.5. The third kappa shape index (κ3) is 5.24. The van der Waals surface area contributed by atoms with Gasteiger partial charge in [0.05, 0.1) is 6.54 Å². The van der Waals surface area contributed by atoms with Crippen LogP contribution in [-0.4, -0.2) is 23.0 Å². The topological polar surface area (TPSA) is 96.2 Å². The first kappa shape index (κ1) is 24.5. The molecule has 1 atom stereocenters. The van der Waals surface area contributed by atoms with E-state index in [1.54, 1.807) is 0 Å². The molecular weight excluding hydrogens is 457 g/mol. The first-order valence-electron chi connectivity index (χ1n) is 9.55. The van der Waals surface area contributed by atoms with Gasteiger partial charge in [-0.05, 0) is 48.5 Å². The zero-order valence-electron chi connectivity index (χ0n) is 17.3. The Balaban J connectivity index is 1.98. The standard InChI is InChI=1S/C23H16F5N5O/c24-17-6-3-15(4-7-17)1-2-16-5-10-21(31-12-16)23(27,28)22(34,13-30-14-32-33-29)19-9-8-18(25)11-20(19)26/h3-12,14,34H,13H2,(H2,29,30,32). The van der Waals surface area contributed by atoms with Crippen LogP contribution in [0.3, 0.4) is 0 Å². The molecule has 174 valence electrons. The molecule has 0 saturated carbocycles. The summed E-state index contributed by atoms with van der Waals surface area (Å²) >= 11 is 0. The van der Waals surface area contributed by atoms with Crippen molar-refractivity contribution in [3.8, 4) is 11.8 Å². The van der Waals surface area contributed by atoms with Gasteiger partial charge in [-0.15, -0.1) is 5.11 Å². The van der Waals surface area contributed by atoms with Crippen molar-refractivity contribution < 1.29 is 27.1 Å². The van der Waals surface area contributed by atoms with Crippen LogP contribution in [0.5, 0.6) is 0 Å². The molecule has 34 heavy (non-hydrogen) atoms. The highest BCUT2D eigenvalue weighted by molar-refractivity contribution is 5.54. The van der Waals surface area contributed by atoms with E-state index in [9.17, 15) is 18.3 Å². The van der Waals surface area contributed by atoms with E-state index < -0.39 is 46.8 Å². The summed E-state index contributed by atoms with van der Waals surface area (Å²) in [6.07, 6.45) is 1.73. The second kappa shape index (κ2) is 10.2. The quantitative estimate of drug-likeness (QED) is 0.107. The van der Waals surface area contributed by atoms with Crippen LogP contribution in [0.4, 0.5) is 22.0 Å². The Labute approximate surface area is 190 Å². The molecule has 0 aliphatic rings. The van der Waals surface area contributed by atoms with Crippen LogP contribution in [0.1, 0.15) is 22.4 Å². The molecule has 0 aliphatic carbocycles. The van der Waals surface area contributed by atoms with Crippen molar-refractivity contribution in [2.24, 2.45) is 21.2 Å². The van der Waals surface area contributed by atoms with Crippen molar-refractivity contribution in [1.82, 2.24) is 4.98 Å². The summed E-state index contributed by atoms with van der Waals surface area (Å²) in [7, 11) is 0. The van der Waals surface area contributed by atoms with Crippen molar-refractivity contribution in [2.75, 3.05) is 6.54 Å². The molecule has 0 fully saturated rings. The molecule has 1 unspecified atom stereocenters. The van der Waals surface area contributed by atoms with Gasteiger partial charge in [0.15, 0.2) is 5.60 Å². The number of nitrogens with two attached hydrogens (primary N) is 1. The Morgan fingerprint density at radius 1 is 0.941 bits per heavy atom. The molecule has 3 N–H and O–H groups in total. The van der Waals surface area contributed by atoms with Crippen molar-refractivity contribution in [2.45, 2.75) is 11.5 Å². The smallest absolute Gasteiger partial charge is 0.323 e. The van der Waals surface area contributed by atoms with Crippen LogP contribution in [-0.2, 0) is 11.5 Å². The molecule has 0 bridgehead atoms. The lowest BCUT2D eigenvalue weighted by Crippen LogP contribution is -2.47. The lowest BCUT2D eigenvalue weighted by Gasteiger charge is -2.34. The summed E-state index contributed by atoms with van der Waals surface area (Å²) in [6, 6.07) is 9.25. The maximum atomic E-state index is 15.5. The number of halogens is 5. The molecule has 3 aromatic rings. The summed E-state index contributed by atoms with van der Waals surface area (Å²) < 4.78 is 71.7. The van der Waals surface area contributed by atoms with Gasteiger partial charge in [-0.2, -0.15) is 8.78 Å². The average Bonchev–Trinajstić information content (AvgIpc) is 2.81. The summed E-state index contributed by atoms with van der Waals surface area (Å²) in [4.78, 5) is 7.20. The van der Waals surface area contributed by atoms with Gasteiger partial charge < -0.3 is 10.9 Å². The fourth-order valence-electron chi connectivity index (χ4n) is 2.96. The van der Waals surface area contributed by atoms with Crippen LogP contribution in [0.2, 0.25) is 0 Å². The second-order valence-corrected chi connectivity index (χ2v) is 6.93. The summed E-state index contributed by atoms with van der Waals surface area (Å²) in [5.41, 5.74) is -4.34. The van der Waals surface area contributed by atoms with Crippen LogP contribution in [0, 0.1) is 29.3 Å². The lowest BCUT2D eigenvalue weighted by atomic mass is 9.84. The molecule has 0 amide bonds. The first-order chi connectivity index (χ1) is 16.2. The van der Waals surface area contributed by atoms with Crippen LogP contribution in [0.15, 0.2) is 76.1 Å². The minimum Gasteiger partial charge on any atom is -0.377 e. The number of nitrogens with zero attached hydrogens (tertiary/aromatic N) is 4. The molecule has 1 aromatic heterocycles. The fourth-order valence-corrected chi connectivity index (χ4v) is 2.96. The van der Waals surface area contributed by atoms with Gasteiger partial charge in [0, 0.05) is 29.0 Å². The van der Waals surface area contributed by atoms with E-state index in [1.165, 1.54) is 30.3 Å². The van der Waals surface area contributed by atoms with E-state index in [0.717, 1.165) is 18.3 Å². The number of alkyl halides is 2. The molecule has 11 heteroatoms. The minimum absolute atomic E-state index is 0.252. The molecule has 0 aliphatic heterocycles. The number of hydrogen-bond acceptors (Lipinski definition) is 4. The Kier molecular flexibility index (Phi) is 7.33. The molecular formula is C23H16F5N5O. The number of rotatable bonds is 6. The maximum Gasteiger partial charge on any atom is 0.323 e. The van der Waals surface area contributed by atoms with Gasteiger partial charge in [-0.25, -0.2) is 13.2 Å². The van der Waals surface area contributed by atoms with Gasteiger partial charge >= 0.3 is 5.92 Å². The number of aromatic nitrogens is 1. The average molecular weight is 473 g/mol. The predicted molar refractivity (Wildman–Crippen MR) is 113 cm³/mol. The summed E-state index contributed by atoms with van der Waals surface area (Å²) in [5, 5.41) is 17.0. The number of hydrogen-bond donors (Lipinski definition) is 2. The molecule has 1 heterocycles.